The van der Waals surface area contributed by atoms with E-state index in [2.05, 4.69) is 10.6 Å². The zero-order chi connectivity index (χ0) is 31.7. The minimum Gasteiger partial charge on any atom is -0.353 e. The highest BCUT2D eigenvalue weighted by Gasteiger charge is 2.53. The summed E-state index contributed by atoms with van der Waals surface area (Å²) in [6.07, 6.45) is 15.5. The van der Waals surface area contributed by atoms with Crippen LogP contribution < -0.4 is 10.6 Å². The van der Waals surface area contributed by atoms with E-state index in [4.69, 9.17) is 24.4 Å². The lowest BCUT2D eigenvalue weighted by molar-refractivity contribution is -0.125. The summed E-state index contributed by atoms with van der Waals surface area (Å²) in [6.45, 7) is 0.698. The van der Waals surface area contributed by atoms with E-state index in [1.165, 1.54) is 54.7 Å². The van der Waals surface area contributed by atoms with Crippen molar-refractivity contribution in [2.75, 3.05) is 13.1 Å². The van der Waals surface area contributed by atoms with Crippen molar-refractivity contribution in [1.82, 2.24) is 20.4 Å². The van der Waals surface area contributed by atoms with E-state index in [0.717, 1.165) is 84.7 Å². The molecule has 6 bridgehead atoms. The van der Waals surface area contributed by atoms with Crippen LogP contribution in [0.15, 0.2) is 9.81 Å². The second-order valence-corrected chi connectivity index (χ2v) is 19.0. The number of thiocarbonyl (C=S) groups is 2. The number of rotatable bonds is 10. The Morgan fingerprint density at radius 2 is 1.33 bits per heavy atom. The van der Waals surface area contributed by atoms with Gasteiger partial charge in [-0.1, -0.05) is 54.4 Å². The summed E-state index contributed by atoms with van der Waals surface area (Å²) in [7, 11) is 0. The van der Waals surface area contributed by atoms with Crippen LogP contribution in [0.3, 0.4) is 0 Å². The van der Waals surface area contributed by atoms with Gasteiger partial charge in [0.2, 0.25) is 11.8 Å². The van der Waals surface area contributed by atoms with Crippen LogP contribution in [0.5, 0.6) is 0 Å². The Labute approximate surface area is 290 Å². The second-order valence-electron chi connectivity index (χ2n) is 15.7. The van der Waals surface area contributed by atoms with Gasteiger partial charge in [0.05, 0.1) is 9.81 Å². The highest BCUT2D eigenvalue weighted by atomic mass is 32.2. The van der Waals surface area contributed by atoms with E-state index in [1.54, 1.807) is 0 Å². The molecular weight excluding hydrogens is 657 g/mol. The fraction of sp³-hybridized carbons (Fsp3) is 0.765. The van der Waals surface area contributed by atoms with Gasteiger partial charge >= 0.3 is 0 Å². The minimum absolute atomic E-state index is 0.0130. The Balaban J connectivity index is 0.805. The highest BCUT2D eigenvalue weighted by Crippen LogP contribution is 2.57. The number of hydrogen-bond acceptors (Lipinski definition) is 8. The summed E-state index contributed by atoms with van der Waals surface area (Å²) >= 11 is 13.4. The summed E-state index contributed by atoms with van der Waals surface area (Å²) in [6, 6.07) is 0.304. The second kappa shape index (κ2) is 12.4. The van der Waals surface area contributed by atoms with Crippen molar-refractivity contribution in [3.63, 3.8) is 0 Å². The Morgan fingerprint density at radius 1 is 0.717 bits per heavy atom. The van der Waals surface area contributed by atoms with Gasteiger partial charge in [-0.15, -0.1) is 0 Å². The molecule has 8 rings (SSSR count). The van der Waals surface area contributed by atoms with Gasteiger partial charge in [0.25, 0.3) is 11.8 Å². The van der Waals surface area contributed by atoms with Crippen molar-refractivity contribution < 1.29 is 19.2 Å². The van der Waals surface area contributed by atoms with Crippen molar-refractivity contribution in [3.8, 4) is 0 Å². The van der Waals surface area contributed by atoms with Gasteiger partial charge in [-0.05, 0) is 118 Å². The number of amides is 4. The molecule has 9 atom stereocenters. The molecule has 0 aromatic rings. The predicted molar refractivity (Wildman–Crippen MR) is 187 cm³/mol. The minimum atomic E-state index is -0.285. The molecule has 2 saturated heterocycles. The average Bonchev–Trinajstić information content (AvgIpc) is 3.59. The summed E-state index contributed by atoms with van der Waals surface area (Å²) in [5.74, 6) is 4.95. The Hall–Kier alpha value is -1.50. The molecule has 4 amide bonds. The van der Waals surface area contributed by atoms with E-state index < -0.39 is 0 Å². The van der Waals surface area contributed by atoms with Crippen molar-refractivity contribution in [1.29, 1.82) is 0 Å². The summed E-state index contributed by atoms with van der Waals surface area (Å²) < 4.78 is 0.820. The van der Waals surface area contributed by atoms with E-state index in [0.29, 0.717) is 69.2 Å². The van der Waals surface area contributed by atoms with Crippen LogP contribution >= 0.6 is 48.0 Å². The largest absolute Gasteiger partial charge is 0.353 e. The fourth-order valence-electron chi connectivity index (χ4n) is 11.1. The molecule has 8 aliphatic rings. The van der Waals surface area contributed by atoms with Gasteiger partial charge < -0.3 is 10.6 Å². The van der Waals surface area contributed by atoms with E-state index in [9.17, 15) is 19.2 Å². The molecule has 0 aromatic heterocycles. The lowest BCUT2D eigenvalue weighted by Gasteiger charge is -2.40. The summed E-state index contributed by atoms with van der Waals surface area (Å²) in [5, 5.41) is 6.75. The van der Waals surface area contributed by atoms with Crippen LogP contribution in [0.25, 0.3) is 0 Å². The molecule has 2 heterocycles. The molecule has 0 unspecified atom stereocenters. The number of thioether (sulfide) groups is 2. The maximum Gasteiger partial charge on any atom is 0.267 e. The van der Waals surface area contributed by atoms with Crippen LogP contribution in [-0.2, 0) is 19.2 Å². The quantitative estimate of drug-likeness (QED) is 0.228. The first-order chi connectivity index (χ1) is 22.1. The molecule has 0 spiro atoms. The standard InChI is InChI=1S/C34H44N4O4S4/c39-26(35-25-14-20-9-19-11-22(12-20)24(25)13-19)3-1-7-37-30(41)28(45-32(37)43)29-31(42)38(33(44)46-29)8-2-4-27(40)36-34-15-18-5-6-21(16-34)23(10-18)17-34/h18-25H,1-17H2,(H,35,39)(H,36,40)/b29-28+/t18-,19+,20+,21+,22-,23+,24-,25+,34-/m0/s1. The van der Waals surface area contributed by atoms with Crippen molar-refractivity contribution in [3.05, 3.63) is 9.81 Å². The summed E-state index contributed by atoms with van der Waals surface area (Å²) in [4.78, 5) is 56.4. The van der Waals surface area contributed by atoms with Crippen LogP contribution in [0, 0.1) is 41.4 Å². The Morgan fingerprint density at radius 3 is 2.02 bits per heavy atom. The third kappa shape index (κ3) is 5.89. The van der Waals surface area contributed by atoms with E-state index in [-0.39, 0.29) is 29.2 Å². The van der Waals surface area contributed by atoms with E-state index >= 15 is 0 Å². The van der Waals surface area contributed by atoms with Gasteiger partial charge in [-0.2, -0.15) is 0 Å². The Bertz CT molecular complexity index is 1410. The molecule has 8 nitrogen and oxygen atoms in total. The van der Waals surface area contributed by atoms with Crippen LogP contribution in [0.1, 0.15) is 96.3 Å². The van der Waals surface area contributed by atoms with Crippen molar-refractivity contribution in [2.24, 2.45) is 41.4 Å². The number of nitrogens with zero attached hydrogens (tertiary/aromatic N) is 2. The van der Waals surface area contributed by atoms with Crippen LogP contribution in [0.2, 0.25) is 0 Å². The fourth-order valence-corrected chi connectivity index (χ4v) is 13.9. The normalized spacial score (nSPS) is 40.5. The van der Waals surface area contributed by atoms with Crippen LogP contribution in [-0.4, -0.2) is 66.7 Å². The molecule has 46 heavy (non-hydrogen) atoms. The van der Waals surface area contributed by atoms with Crippen molar-refractivity contribution >= 4 is 80.2 Å². The van der Waals surface area contributed by atoms with Gasteiger partial charge in [0.15, 0.2) is 0 Å². The van der Waals surface area contributed by atoms with Gasteiger partial charge in [-0.25, -0.2) is 0 Å². The lowest BCUT2D eigenvalue weighted by Crippen LogP contribution is -2.49. The first kappa shape index (κ1) is 31.7. The lowest BCUT2D eigenvalue weighted by atomic mass is 9.70. The molecule has 248 valence electrons. The molecule has 2 N–H and O–H groups in total. The van der Waals surface area contributed by atoms with Gasteiger partial charge in [-0.3, -0.25) is 29.0 Å². The number of nitrogens with one attached hydrogen (secondary N) is 2. The number of hydrogen-bond donors (Lipinski definition) is 2. The molecule has 0 radical (unpaired) electrons. The molecule has 2 aliphatic heterocycles. The molecular formula is C34H44N4O4S4. The number of carbonyl (C=O) groups is 4. The highest BCUT2D eigenvalue weighted by molar-refractivity contribution is 8.29. The first-order valence-corrected chi connectivity index (χ1v) is 20.0. The third-order valence-electron chi connectivity index (χ3n) is 12.7. The molecule has 12 heteroatoms. The molecule has 8 fully saturated rings. The maximum atomic E-state index is 13.4. The number of carbonyl (C=O) groups excluding carboxylic acids is 4. The molecule has 6 aliphatic carbocycles. The topological polar surface area (TPSA) is 98.8 Å². The first-order valence-electron chi connectivity index (χ1n) is 17.6. The van der Waals surface area contributed by atoms with Crippen molar-refractivity contribution in [2.45, 2.75) is 108 Å². The van der Waals surface area contributed by atoms with Crippen LogP contribution in [0.4, 0.5) is 0 Å². The SMILES string of the molecule is O=C(CCCN1C(=O)/C(=C2\SC(=S)N(CCCC(=O)N[C@@]34C[C@H]5CC[C@H](C3)[C@H](C5)C4)C2=O)SC1=S)N[C@@H]1C[C@@H]2C[C@@H]3C[C@@H](C2)[C@@H]1C3. The zero-order valence-electron chi connectivity index (χ0n) is 26.3. The smallest absolute Gasteiger partial charge is 0.267 e. The molecule has 0 aromatic carbocycles. The van der Waals surface area contributed by atoms with Gasteiger partial charge in [0, 0.05) is 37.5 Å². The monoisotopic (exact) mass is 700 g/mol. The maximum absolute atomic E-state index is 13.4. The predicted octanol–water partition coefficient (Wildman–Crippen LogP) is 5.50. The number of fused-ring (bicyclic) bond motifs is 4. The third-order valence-corrected chi connectivity index (χ3v) is 15.7. The molecule has 6 saturated carbocycles. The summed E-state index contributed by atoms with van der Waals surface area (Å²) in [5.41, 5.74) is -0.0130. The van der Waals surface area contributed by atoms with Gasteiger partial charge in [0.1, 0.15) is 8.64 Å². The average molecular weight is 701 g/mol. The Kier molecular flexibility index (Phi) is 8.58. The van der Waals surface area contributed by atoms with E-state index in [1.807, 2.05) is 0 Å². The zero-order valence-corrected chi connectivity index (χ0v) is 29.6.